The molecule has 0 spiro atoms. The first-order valence-electron chi connectivity index (χ1n) is 20.3. The van der Waals surface area contributed by atoms with Crippen molar-refractivity contribution in [2.45, 2.75) is 205 Å². The van der Waals surface area contributed by atoms with Crippen molar-refractivity contribution in [1.82, 2.24) is 5.32 Å². The molecule has 0 saturated carbocycles. The number of benzene rings is 1. The Hall–Kier alpha value is -0.762. The summed E-state index contributed by atoms with van der Waals surface area (Å²) in [4.78, 5) is 13.3. The van der Waals surface area contributed by atoms with Gasteiger partial charge in [-0.1, -0.05) is 101 Å². The van der Waals surface area contributed by atoms with E-state index in [-0.39, 0.29) is 39.2 Å². The average Bonchev–Trinajstić information content (AvgIpc) is 3.46. The van der Waals surface area contributed by atoms with Crippen LogP contribution < -0.4 is 5.32 Å². The molecule has 2 aliphatic rings. The molecule has 55 heavy (non-hydrogen) atoms. The highest BCUT2D eigenvalue weighted by Gasteiger charge is 2.57. The molecule has 2 heterocycles. The number of amides is 1. The first-order chi connectivity index (χ1) is 24.6. The molecule has 0 aliphatic carbocycles. The van der Waals surface area contributed by atoms with Crippen molar-refractivity contribution in [2.75, 3.05) is 13.2 Å². The minimum atomic E-state index is -2.41. The maximum absolute atomic E-state index is 13.3. The molecule has 1 amide bonds. The van der Waals surface area contributed by atoms with Crippen molar-refractivity contribution in [3.8, 4) is 0 Å². The quantitative estimate of drug-likeness (QED) is 0.177. The lowest BCUT2D eigenvalue weighted by Crippen LogP contribution is -2.55. The second-order valence-electron chi connectivity index (χ2n) is 21.9. The fourth-order valence-electron chi connectivity index (χ4n) is 5.51. The maximum Gasteiger partial charge on any atom is 0.251 e. The predicted molar refractivity (Wildman–Crippen MR) is 233 cm³/mol. The second-order valence-corrected chi connectivity index (χ2v) is 40.9. The number of aliphatic hydroxyl groups excluding tert-OH is 1. The summed E-state index contributed by atoms with van der Waals surface area (Å²) in [5, 5.41) is 14.2. The Labute approximate surface area is 339 Å². The molecule has 1 aromatic rings. The third kappa shape index (κ3) is 11.7. The first-order valence-corrected chi connectivity index (χ1v) is 31.9. The van der Waals surface area contributed by atoms with Gasteiger partial charge in [-0.15, -0.1) is 0 Å². The predicted octanol–water partition coefficient (Wildman–Crippen LogP) is 9.44. The third-order valence-electron chi connectivity index (χ3n) is 13.4. The van der Waals surface area contributed by atoms with E-state index in [1.807, 2.05) is 18.2 Å². The summed E-state index contributed by atoms with van der Waals surface area (Å²) in [6.45, 7) is 44.4. The molecule has 0 aromatic heterocycles. The molecule has 0 radical (unpaired) electrons. The zero-order chi connectivity index (χ0) is 42.4. The SMILES string of the molecule is CC(C)(C)[Si](C)(C)O[C@@H]1[C@@H](OC[C@H]2O[C@H](O)[C@@H](O[Si](C)(C)C(C)(C)C)[C@@H]2O[Si](C)(C)C(C)(C)C)O[C@H](CNC(=O)c2ccccc2)[C@H]1O[Si](C)(C)C(C)(C)C. The molecule has 0 bridgehead atoms. The van der Waals surface area contributed by atoms with E-state index in [1.54, 1.807) is 12.1 Å². The van der Waals surface area contributed by atoms with Gasteiger partial charge in [-0.25, -0.2) is 0 Å². The number of hydrogen-bond donors (Lipinski definition) is 2. The molecule has 318 valence electrons. The summed E-state index contributed by atoms with van der Waals surface area (Å²) >= 11 is 0. The molecule has 14 heteroatoms. The van der Waals surface area contributed by atoms with Crippen LogP contribution in [0.15, 0.2) is 30.3 Å². The molecule has 3 rings (SSSR count). The van der Waals surface area contributed by atoms with Gasteiger partial charge in [0.1, 0.15) is 36.6 Å². The van der Waals surface area contributed by atoms with Crippen molar-refractivity contribution in [3.63, 3.8) is 0 Å². The maximum atomic E-state index is 13.3. The van der Waals surface area contributed by atoms with Gasteiger partial charge < -0.3 is 42.3 Å². The summed E-state index contributed by atoms with van der Waals surface area (Å²) in [5.41, 5.74) is 0.573. The highest BCUT2D eigenvalue weighted by atomic mass is 28.4. The van der Waals surface area contributed by atoms with Gasteiger partial charge in [-0.2, -0.15) is 0 Å². The zero-order valence-electron chi connectivity index (χ0n) is 38.1. The van der Waals surface area contributed by atoms with Crippen LogP contribution in [0.2, 0.25) is 72.5 Å². The Balaban J connectivity index is 2.04. The summed E-state index contributed by atoms with van der Waals surface area (Å²) in [6.07, 6.45) is -5.54. The molecule has 8 atom stereocenters. The van der Waals surface area contributed by atoms with Crippen LogP contribution in [-0.4, -0.2) is 107 Å². The smallest absolute Gasteiger partial charge is 0.251 e. The summed E-state index contributed by atoms with van der Waals surface area (Å²) in [7, 11) is -9.50. The van der Waals surface area contributed by atoms with Crippen LogP contribution in [-0.2, 0) is 31.9 Å². The van der Waals surface area contributed by atoms with E-state index in [0.29, 0.717) is 5.56 Å². The van der Waals surface area contributed by atoms with Crippen molar-refractivity contribution >= 4 is 39.2 Å². The molecule has 2 saturated heterocycles. The van der Waals surface area contributed by atoms with Crippen molar-refractivity contribution in [2.24, 2.45) is 0 Å². The molecule has 2 aliphatic heterocycles. The van der Waals surface area contributed by atoms with Crippen LogP contribution in [0.25, 0.3) is 0 Å². The largest absolute Gasteiger partial charge is 0.408 e. The van der Waals surface area contributed by atoms with Gasteiger partial charge in [0.25, 0.3) is 5.91 Å². The van der Waals surface area contributed by atoms with Crippen molar-refractivity contribution < 1.29 is 41.8 Å². The van der Waals surface area contributed by atoms with Crippen molar-refractivity contribution in [1.29, 1.82) is 0 Å². The minimum absolute atomic E-state index is 0.0750. The lowest BCUT2D eigenvalue weighted by Gasteiger charge is -2.44. The fraction of sp³-hybridized carbons (Fsp3) is 0.829. The highest BCUT2D eigenvalue weighted by Crippen LogP contribution is 2.46. The van der Waals surface area contributed by atoms with E-state index in [0.717, 1.165) is 0 Å². The average molecular weight is 842 g/mol. The highest BCUT2D eigenvalue weighted by molar-refractivity contribution is 6.75. The summed E-state index contributed by atoms with van der Waals surface area (Å²) in [5.74, 6) is -0.187. The van der Waals surface area contributed by atoms with Gasteiger partial charge in [0.05, 0.1) is 6.61 Å². The Morgan fingerprint density at radius 1 is 0.600 bits per heavy atom. The van der Waals surface area contributed by atoms with E-state index in [2.05, 4.69) is 141 Å². The second kappa shape index (κ2) is 17.1. The molecule has 2 N–H and O–H groups in total. The molecule has 0 unspecified atom stereocenters. The number of ether oxygens (including phenoxy) is 3. The summed E-state index contributed by atoms with van der Waals surface area (Å²) in [6, 6.07) is 9.18. The van der Waals surface area contributed by atoms with Crippen LogP contribution in [0.3, 0.4) is 0 Å². The Morgan fingerprint density at radius 2 is 0.982 bits per heavy atom. The molecular weight excluding hydrogens is 763 g/mol. The monoisotopic (exact) mass is 841 g/mol. The number of rotatable bonds is 14. The Bertz CT molecular complexity index is 1410. The van der Waals surface area contributed by atoms with Crippen LogP contribution in [0.5, 0.6) is 0 Å². The van der Waals surface area contributed by atoms with E-state index in [9.17, 15) is 9.90 Å². The van der Waals surface area contributed by atoms with Gasteiger partial charge >= 0.3 is 0 Å². The minimum Gasteiger partial charge on any atom is -0.408 e. The van der Waals surface area contributed by atoms with Crippen LogP contribution in [0.4, 0.5) is 0 Å². The number of nitrogens with one attached hydrogen (secondary N) is 1. The molecule has 1 aromatic carbocycles. The topological polar surface area (TPSA) is 114 Å². The van der Waals surface area contributed by atoms with Gasteiger partial charge in [0.2, 0.25) is 0 Å². The molecular formula is C41H79NO9Si4. The van der Waals surface area contributed by atoms with E-state index >= 15 is 0 Å². The third-order valence-corrected chi connectivity index (χ3v) is 31.3. The lowest BCUT2D eigenvalue weighted by molar-refractivity contribution is -0.192. The van der Waals surface area contributed by atoms with Gasteiger partial charge in [0, 0.05) is 12.1 Å². The zero-order valence-corrected chi connectivity index (χ0v) is 42.1. The first kappa shape index (κ1) is 48.6. The summed E-state index contributed by atoms with van der Waals surface area (Å²) < 4.78 is 48.3. The number of aliphatic hydroxyl groups is 1. The lowest BCUT2D eigenvalue weighted by atomic mass is 10.1. The van der Waals surface area contributed by atoms with Crippen LogP contribution >= 0.6 is 0 Å². The standard InChI is InChI=1S/C41H79NO9Si4/c1-38(2,3)52(13,14)48-31-29(26-42-35(43)28-24-22-21-23-25-28)47-37(34(31)51-55(19,20)41(10,11)12)45-27-30-32(49-53(15,16)39(4,5)6)33(36(44)46-30)50-54(17,18)40(7,8)9/h21-25,29-34,36-37,44H,26-27H2,1-20H3,(H,42,43)/t29-,30-,31-,32-,33+,34+,36+,37+/m1/s1. The fourth-order valence-corrected chi connectivity index (χ4v) is 10.7. The normalized spacial score (nSPS) is 27.8. The number of carbonyl (C=O) groups excluding carboxylic acids is 1. The number of carbonyl (C=O) groups is 1. The van der Waals surface area contributed by atoms with Crippen LogP contribution in [0.1, 0.15) is 93.4 Å². The van der Waals surface area contributed by atoms with E-state index in [4.69, 9.17) is 31.9 Å². The molecule has 10 nitrogen and oxygen atoms in total. The Morgan fingerprint density at radius 3 is 1.40 bits per heavy atom. The van der Waals surface area contributed by atoms with Gasteiger partial charge in [-0.05, 0) is 84.7 Å². The van der Waals surface area contributed by atoms with Crippen molar-refractivity contribution in [3.05, 3.63) is 35.9 Å². The van der Waals surface area contributed by atoms with E-state index in [1.165, 1.54) is 0 Å². The van der Waals surface area contributed by atoms with Gasteiger partial charge in [-0.3, -0.25) is 4.79 Å². The Kier molecular flexibility index (Phi) is 15.1. The number of hydrogen-bond acceptors (Lipinski definition) is 9. The van der Waals surface area contributed by atoms with Gasteiger partial charge in [0.15, 0.2) is 45.8 Å². The van der Waals surface area contributed by atoms with E-state index < -0.39 is 82.5 Å². The van der Waals surface area contributed by atoms with Crippen LogP contribution in [0, 0.1) is 0 Å². The molecule has 2 fully saturated rings.